The molecule has 0 fully saturated rings. The number of nitrogens with one attached hydrogen (secondary N) is 1. The lowest BCUT2D eigenvalue weighted by atomic mass is 9.93. The van der Waals surface area contributed by atoms with Gasteiger partial charge in [-0.2, -0.15) is 0 Å². The number of oxazole rings is 1. The van der Waals surface area contributed by atoms with Gasteiger partial charge in [0.05, 0.1) is 24.9 Å². The van der Waals surface area contributed by atoms with E-state index in [1.54, 1.807) is 6.20 Å². The Labute approximate surface area is 164 Å². The number of carbonyl (C=O) groups excluding carboxylic acids is 1. The molecule has 2 atom stereocenters. The average Bonchev–Trinajstić information content (AvgIpc) is 3.36. The summed E-state index contributed by atoms with van der Waals surface area (Å²) >= 11 is 0. The summed E-state index contributed by atoms with van der Waals surface area (Å²) in [5.41, 5.74) is 3.74. The molecular weight excluding hydrogens is 354 g/mol. The van der Waals surface area contributed by atoms with Crippen molar-refractivity contribution in [2.75, 3.05) is 13.2 Å². The molecule has 0 bridgehead atoms. The van der Waals surface area contributed by atoms with Crippen LogP contribution in [0.25, 0.3) is 10.9 Å². The van der Waals surface area contributed by atoms with Crippen LogP contribution in [-0.2, 0) is 16.0 Å². The van der Waals surface area contributed by atoms with Gasteiger partial charge in [0, 0.05) is 29.2 Å². The largest absolute Gasteiger partial charge is 0.463 e. The van der Waals surface area contributed by atoms with Gasteiger partial charge >= 0.3 is 5.97 Å². The van der Waals surface area contributed by atoms with Crippen LogP contribution in [0.4, 0.5) is 0 Å². The number of aromatic amines is 1. The zero-order valence-electron chi connectivity index (χ0n) is 16.2. The van der Waals surface area contributed by atoms with Crippen molar-refractivity contribution < 1.29 is 13.9 Å². The summed E-state index contributed by atoms with van der Waals surface area (Å²) in [7, 11) is 0. The van der Waals surface area contributed by atoms with Gasteiger partial charge in [0.25, 0.3) is 0 Å². The van der Waals surface area contributed by atoms with E-state index in [1.165, 1.54) is 29.1 Å². The standard InChI is InChI=1S/C22H25N3O3/c1-3-27-21(26)10-6-9-19-22-17(16-7-4-5-8-18(16)24-22)11-12-25(19)15(2)20-13-23-14-28-20/h4-8,10,13-15,19,24H,3,9,11-12H2,1-2H3/b10-6+/t15-,19-/m0/s1. The molecule has 0 saturated carbocycles. The summed E-state index contributed by atoms with van der Waals surface area (Å²) in [6.07, 6.45) is 8.35. The van der Waals surface area contributed by atoms with E-state index in [-0.39, 0.29) is 18.1 Å². The molecule has 6 heteroatoms. The minimum atomic E-state index is -0.301. The van der Waals surface area contributed by atoms with Gasteiger partial charge in [0.1, 0.15) is 5.76 Å². The molecule has 1 aliphatic rings. The van der Waals surface area contributed by atoms with Crippen LogP contribution in [0.15, 0.2) is 53.4 Å². The number of nitrogens with zero attached hydrogens (tertiary/aromatic N) is 2. The van der Waals surface area contributed by atoms with Crippen molar-refractivity contribution in [2.24, 2.45) is 0 Å². The number of carbonyl (C=O) groups is 1. The second-order valence-electron chi connectivity index (χ2n) is 7.04. The zero-order chi connectivity index (χ0) is 19.5. The van der Waals surface area contributed by atoms with Gasteiger partial charge in [-0.15, -0.1) is 0 Å². The summed E-state index contributed by atoms with van der Waals surface area (Å²) in [4.78, 5) is 21.8. The summed E-state index contributed by atoms with van der Waals surface area (Å²) in [6.45, 7) is 5.24. The molecule has 28 heavy (non-hydrogen) atoms. The molecule has 1 aromatic carbocycles. The van der Waals surface area contributed by atoms with Crippen LogP contribution >= 0.6 is 0 Å². The Bertz CT molecular complexity index is 974. The van der Waals surface area contributed by atoms with Crippen molar-refractivity contribution in [3.63, 3.8) is 0 Å². The first kappa shape index (κ1) is 18.5. The third kappa shape index (κ3) is 3.47. The highest BCUT2D eigenvalue weighted by Crippen LogP contribution is 2.40. The zero-order valence-corrected chi connectivity index (χ0v) is 16.2. The molecule has 0 radical (unpaired) electrons. The van der Waals surface area contributed by atoms with Gasteiger partial charge in [0.2, 0.25) is 0 Å². The normalized spacial score (nSPS) is 18.4. The highest BCUT2D eigenvalue weighted by molar-refractivity contribution is 5.85. The maximum atomic E-state index is 11.7. The molecule has 1 aliphatic heterocycles. The molecule has 2 aromatic heterocycles. The van der Waals surface area contributed by atoms with Crippen LogP contribution in [0.1, 0.15) is 49.4 Å². The van der Waals surface area contributed by atoms with Crippen molar-refractivity contribution in [3.05, 3.63) is 66.0 Å². The Morgan fingerprint density at radius 2 is 2.32 bits per heavy atom. The summed E-state index contributed by atoms with van der Waals surface area (Å²) < 4.78 is 10.6. The highest BCUT2D eigenvalue weighted by Gasteiger charge is 2.33. The Balaban J connectivity index is 1.67. The smallest absolute Gasteiger partial charge is 0.330 e. The molecule has 3 aromatic rings. The predicted molar refractivity (Wildman–Crippen MR) is 107 cm³/mol. The molecule has 1 N–H and O–H groups in total. The fraction of sp³-hybridized carbons (Fsp3) is 0.364. The number of ether oxygens (including phenoxy) is 1. The molecule has 0 unspecified atom stereocenters. The van der Waals surface area contributed by atoms with Crippen LogP contribution in [0.2, 0.25) is 0 Å². The lowest BCUT2D eigenvalue weighted by Gasteiger charge is -2.38. The van der Waals surface area contributed by atoms with Crippen LogP contribution in [0.5, 0.6) is 0 Å². The highest BCUT2D eigenvalue weighted by atomic mass is 16.5. The third-order valence-corrected chi connectivity index (χ3v) is 5.46. The lowest BCUT2D eigenvalue weighted by molar-refractivity contribution is -0.137. The van der Waals surface area contributed by atoms with E-state index in [9.17, 15) is 4.79 Å². The van der Waals surface area contributed by atoms with Gasteiger partial charge in [-0.3, -0.25) is 4.90 Å². The quantitative estimate of drug-likeness (QED) is 0.510. The van der Waals surface area contributed by atoms with Crippen molar-refractivity contribution in [2.45, 2.75) is 38.8 Å². The molecule has 146 valence electrons. The average molecular weight is 379 g/mol. The van der Waals surface area contributed by atoms with E-state index in [1.807, 2.05) is 13.0 Å². The molecule has 0 aliphatic carbocycles. The van der Waals surface area contributed by atoms with Gasteiger partial charge in [-0.05, 0) is 38.3 Å². The Morgan fingerprint density at radius 1 is 1.46 bits per heavy atom. The van der Waals surface area contributed by atoms with Crippen LogP contribution in [0.3, 0.4) is 0 Å². The van der Waals surface area contributed by atoms with Gasteiger partial charge < -0.3 is 14.1 Å². The lowest BCUT2D eigenvalue weighted by Crippen LogP contribution is -2.37. The molecule has 4 rings (SSSR count). The second-order valence-corrected chi connectivity index (χ2v) is 7.04. The Kier molecular flexibility index (Phi) is 5.30. The minimum Gasteiger partial charge on any atom is -0.463 e. The molecular formula is C22H25N3O3. The van der Waals surface area contributed by atoms with Crippen molar-refractivity contribution in [1.82, 2.24) is 14.9 Å². The van der Waals surface area contributed by atoms with Crippen molar-refractivity contribution in [3.8, 4) is 0 Å². The number of fused-ring (bicyclic) bond motifs is 3. The second kappa shape index (κ2) is 8.02. The van der Waals surface area contributed by atoms with Crippen LogP contribution in [-0.4, -0.2) is 34.0 Å². The molecule has 3 heterocycles. The molecule has 6 nitrogen and oxygen atoms in total. The maximum Gasteiger partial charge on any atom is 0.330 e. The Hall–Kier alpha value is -2.86. The maximum absolute atomic E-state index is 11.7. The van der Waals surface area contributed by atoms with Gasteiger partial charge in [0.15, 0.2) is 6.39 Å². The first-order chi connectivity index (χ1) is 13.7. The number of esters is 1. The van der Waals surface area contributed by atoms with Gasteiger partial charge in [-0.25, -0.2) is 9.78 Å². The third-order valence-electron chi connectivity index (χ3n) is 5.46. The molecule has 0 spiro atoms. The van der Waals surface area contributed by atoms with E-state index < -0.39 is 0 Å². The number of hydrogen-bond acceptors (Lipinski definition) is 5. The van der Waals surface area contributed by atoms with E-state index in [2.05, 4.69) is 46.1 Å². The minimum absolute atomic E-state index is 0.0862. The number of H-pyrrole nitrogens is 1. The van der Waals surface area contributed by atoms with Crippen molar-refractivity contribution >= 4 is 16.9 Å². The number of para-hydroxylation sites is 1. The van der Waals surface area contributed by atoms with E-state index in [0.29, 0.717) is 13.0 Å². The van der Waals surface area contributed by atoms with Crippen LogP contribution < -0.4 is 0 Å². The topological polar surface area (TPSA) is 71.4 Å². The molecule has 0 saturated heterocycles. The molecule has 0 amide bonds. The number of rotatable bonds is 6. The van der Waals surface area contributed by atoms with E-state index in [0.717, 1.165) is 24.2 Å². The number of benzene rings is 1. The first-order valence-electron chi connectivity index (χ1n) is 9.76. The van der Waals surface area contributed by atoms with Gasteiger partial charge in [-0.1, -0.05) is 24.3 Å². The van der Waals surface area contributed by atoms with Crippen molar-refractivity contribution in [1.29, 1.82) is 0 Å². The summed E-state index contributed by atoms with van der Waals surface area (Å²) in [5, 5.41) is 1.28. The summed E-state index contributed by atoms with van der Waals surface area (Å²) in [6, 6.07) is 8.62. The Morgan fingerprint density at radius 3 is 3.11 bits per heavy atom. The number of hydrogen-bond donors (Lipinski definition) is 1. The van der Waals surface area contributed by atoms with E-state index >= 15 is 0 Å². The summed E-state index contributed by atoms with van der Waals surface area (Å²) in [5.74, 6) is 0.545. The first-order valence-corrected chi connectivity index (χ1v) is 9.76. The fourth-order valence-corrected chi connectivity index (χ4v) is 4.13. The SMILES string of the molecule is CCOC(=O)/C=C/C[C@H]1c2[nH]c3ccccc3c2CCN1[C@@H](C)c1cnco1. The number of aromatic nitrogens is 2. The van der Waals surface area contributed by atoms with Crippen LogP contribution in [0, 0.1) is 0 Å². The van der Waals surface area contributed by atoms with E-state index in [4.69, 9.17) is 9.15 Å². The predicted octanol–water partition coefficient (Wildman–Crippen LogP) is 4.33. The fourth-order valence-electron chi connectivity index (χ4n) is 4.13. The monoisotopic (exact) mass is 379 g/mol.